The number of rotatable bonds is 10. The van der Waals surface area contributed by atoms with Crippen molar-refractivity contribution < 1.29 is 31.2 Å². The Balaban J connectivity index is 2.08. The van der Waals surface area contributed by atoms with Crippen molar-refractivity contribution in [2.45, 2.75) is 56.8 Å². The summed E-state index contributed by atoms with van der Waals surface area (Å²) in [6, 6.07) is 17.4. The third-order valence-electron chi connectivity index (χ3n) is 6.30. The third-order valence-corrected chi connectivity index (χ3v) is 8.40. The Kier molecular flexibility index (Phi) is 10.3. The smallest absolute Gasteiger partial charge is 0.350 e. The minimum atomic E-state index is -4.80. The Hall–Kier alpha value is -3.57. The zero-order valence-electron chi connectivity index (χ0n) is 23.7. The summed E-state index contributed by atoms with van der Waals surface area (Å²) in [6.45, 7) is 5.97. The third kappa shape index (κ3) is 8.48. The second-order valence-corrected chi connectivity index (χ2v) is 13.0. The van der Waals surface area contributed by atoms with E-state index in [0.29, 0.717) is 16.8 Å². The van der Waals surface area contributed by atoms with E-state index in [1.54, 1.807) is 26.8 Å². The zero-order chi connectivity index (χ0) is 31.3. The first-order valence-electron chi connectivity index (χ1n) is 13.1. The standard InChI is InChI=1S/C30H33ClF3N3O4S/c1-21(28(39)35-29(2,3)4)36(18-17-22-11-7-5-8-12-22)27(38)20-37(42(40,41)24-13-9-6-10-14-24)26-19-23(30(32,33)34)15-16-25(26)31/h5-16,19,21H,17-18,20H2,1-4H3,(H,35,39)/t21-/m1/s1. The predicted octanol–water partition coefficient (Wildman–Crippen LogP) is 5.93. The first kappa shape index (κ1) is 32.9. The molecule has 1 atom stereocenters. The molecule has 42 heavy (non-hydrogen) atoms. The molecule has 0 heterocycles. The molecule has 0 bridgehead atoms. The second-order valence-electron chi connectivity index (χ2n) is 10.7. The SMILES string of the molecule is C[C@H](C(=O)NC(C)(C)C)N(CCc1ccccc1)C(=O)CN(c1cc(C(F)(F)F)ccc1Cl)S(=O)(=O)c1ccccc1. The molecule has 0 aromatic heterocycles. The monoisotopic (exact) mass is 623 g/mol. The van der Waals surface area contributed by atoms with Crippen LogP contribution in [0.15, 0.2) is 83.8 Å². The maximum Gasteiger partial charge on any atom is 0.416 e. The molecule has 3 aromatic carbocycles. The van der Waals surface area contributed by atoms with E-state index >= 15 is 0 Å². The molecule has 3 rings (SSSR count). The predicted molar refractivity (Wildman–Crippen MR) is 157 cm³/mol. The van der Waals surface area contributed by atoms with Gasteiger partial charge in [-0.25, -0.2) is 8.42 Å². The van der Waals surface area contributed by atoms with Gasteiger partial charge < -0.3 is 10.2 Å². The van der Waals surface area contributed by atoms with E-state index in [9.17, 15) is 31.2 Å². The van der Waals surface area contributed by atoms with Crippen LogP contribution >= 0.6 is 11.6 Å². The zero-order valence-corrected chi connectivity index (χ0v) is 25.2. The molecule has 0 spiro atoms. The molecule has 0 aliphatic heterocycles. The molecule has 0 aliphatic rings. The number of benzene rings is 3. The highest BCUT2D eigenvalue weighted by molar-refractivity contribution is 7.92. The first-order valence-corrected chi connectivity index (χ1v) is 14.9. The molecule has 7 nitrogen and oxygen atoms in total. The molecule has 1 N–H and O–H groups in total. The Bertz CT molecular complexity index is 1500. The summed E-state index contributed by atoms with van der Waals surface area (Å²) in [5.41, 5.74) is -1.40. The van der Waals surface area contributed by atoms with Crippen LogP contribution in [0, 0.1) is 0 Å². The van der Waals surface area contributed by atoms with Crippen LogP contribution in [-0.4, -0.2) is 49.8 Å². The van der Waals surface area contributed by atoms with E-state index in [0.717, 1.165) is 17.7 Å². The highest BCUT2D eigenvalue weighted by Crippen LogP contribution is 2.37. The lowest BCUT2D eigenvalue weighted by atomic mass is 10.1. The fourth-order valence-corrected chi connectivity index (χ4v) is 5.87. The highest BCUT2D eigenvalue weighted by atomic mass is 35.5. The fraction of sp³-hybridized carbons (Fsp3) is 0.333. The van der Waals surface area contributed by atoms with Crippen molar-refractivity contribution in [2.75, 3.05) is 17.4 Å². The Labute approximate surface area is 249 Å². The number of anilines is 1. The molecular formula is C30H33ClF3N3O4S. The fourth-order valence-electron chi connectivity index (χ4n) is 4.16. The number of alkyl halides is 3. The van der Waals surface area contributed by atoms with Crippen LogP contribution in [0.4, 0.5) is 18.9 Å². The minimum absolute atomic E-state index is 0.0388. The summed E-state index contributed by atoms with van der Waals surface area (Å²) in [7, 11) is -4.58. The van der Waals surface area contributed by atoms with Gasteiger partial charge in [-0.3, -0.25) is 13.9 Å². The van der Waals surface area contributed by atoms with Gasteiger partial charge in [-0.15, -0.1) is 0 Å². The summed E-state index contributed by atoms with van der Waals surface area (Å²) in [4.78, 5) is 28.0. The summed E-state index contributed by atoms with van der Waals surface area (Å²) < 4.78 is 69.1. The molecule has 0 radical (unpaired) electrons. The van der Waals surface area contributed by atoms with Crippen molar-refractivity contribution >= 4 is 39.1 Å². The van der Waals surface area contributed by atoms with Crippen LogP contribution in [0.1, 0.15) is 38.8 Å². The van der Waals surface area contributed by atoms with Gasteiger partial charge in [0.1, 0.15) is 12.6 Å². The average Bonchev–Trinajstić information content (AvgIpc) is 2.91. The molecular weight excluding hydrogens is 591 g/mol. The van der Waals surface area contributed by atoms with Crippen LogP contribution in [0.2, 0.25) is 5.02 Å². The molecule has 0 saturated carbocycles. The van der Waals surface area contributed by atoms with E-state index in [1.807, 2.05) is 30.3 Å². The maximum atomic E-state index is 13.9. The van der Waals surface area contributed by atoms with E-state index in [4.69, 9.17) is 11.6 Å². The van der Waals surface area contributed by atoms with E-state index in [1.165, 1.54) is 36.1 Å². The van der Waals surface area contributed by atoms with Gasteiger partial charge in [0.15, 0.2) is 0 Å². The van der Waals surface area contributed by atoms with Crippen LogP contribution < -0.4 is 9.62 Å². The molecule has 226 valence electrons. The molecule has 3 aromatic rings. The van der Waals surface area contributed by atoms with Gasteiger partial charge in [-0.2, -0.15) is 13.2 Å². The average molecular weight is 624 g/mol. The first-order chi connectivity index (χ1) is 19.5. The summed E-state index contributed by atoms with van der Waals surface area (Å²) in [5.74, 6) is -1.27. The quantitative estimate of drug-likeness (QED) is 0.303. The minimum Gasteiger partial charge on any atom is -0.350 e. The van der Waals surface area contributed by atoms with Gasteiger partial charge in [0.25, 0.3) is 10.0 Å². The highest BCUT2D eigenvalue weighted by Gasteiger charge is 2.36. The van der Waals surface area contributed by atoms with Gasteiger partial charge in [0, 0.05) is 12.1 Å². The summed E-state index contributed by atoms with van der Waals surface area (Å²) >= 11 is 6.26. The van der Waals surface area contributed by atoms with Crippen molar-refractivity contribution in [2.24, 2.45) is 0 Å². The molecule has 0 unspecified atom stereocenters. The van der Waals surface area contributed by atoms with Gasteiger partial charge in [0.05, 0.1) is 21.2 Å². The number of halogens is 4. The summed E-state index contributed by atoms with van der Waals surface area (Å²) in [6.07, 6.45) is -4.46. The van der Waals surface area contributed by atoms with Crippen LogP contribution in [0.25, 0.3) is 0 Å². The summed E-state index contributed by atoms with van der Waals surface area (Å²) in [5, 5.41) is 2.51. The maximum absolute atomic E-state index is 13.9. The molecule has 12 heteroatoms. The van der Waals surface area contributed by atoms with Crippen molar-refractivity contribution in [3.8, 4) is 0 Å². The topological polar surface area (TPSA) is 86.8 Å². The lowest BCUT2D eigenvalue weighted by molar-refractivity contribution is -0.139. The number of sulfonamides is 1. The normalized spacial score (nSPS) is 12.9. The van der Waals surface area contributed by atoms with Crippen molar-refractivity contribution in [1.29, 1.82) is 0 Å². The Morgan fingerprint density at radius 3 is 2.05 bits per heavy atom. The van der Waals surface area contributed by atoms with Crippen molar-refractivity contribution in [3.05, 3.63) is 95.0 Å². The lowest BCUT2D eigenvalue weighted by Gasteiger charge is -2.33. The van der Waals surface area contributed by atoms with Crippen LogP contribution in [-0.2, 0) is 32.2 Å². The number of hydrogen-bond donors (Lipinski definition) is 1. The van der Waals surface area contributed by atoms with Crippen molar-refractivity contribution in [3.63, 3.8) is 0 Å². The van der Waals surface area contributed by atoms with E-state index < -0.39 is 57.4 Å². The second kappa shape index (κ2) is 13.2. The van der Waals surface area contributed by atoms with Crippen LogP contribution in [0.3, 0.4) is 0 Å². The molecule has 0 saturated heterocycles. The number of carbonyl (C=O) groups is 2. The Morgan fingerprint density at radius 1 is 0.929 bits per heavy atom. The van der Waals surface area contributed by atoms with E-state index in [-0.39, 0.29) is 16.5 Å². The Morgan fingerprint density at radius 2 is 1.50 bits per heavy atom. The molecule has 2 amide bonds. The van der Waals surface area contributed by atoms with Crippen LogP contribution in [0.5, 0.6) is 0 Å². The van der Waals surface area contributed by atoms with E-state index in [2.05, 4.69) is 5.32 Å². The van der Waals surface area contributed by atoms with Gasteiger partial charge in [-0.1, -0.05) is 60.1 Å². The molecule has 0 fully saturated rings. The van der Waals surface area contributed by atoms with Gasteiger partial charge >= 0.3 is 6.18 Å². The number of nitrogens with zero attached hydrogens (tertiary/aromatic N) is 2. The van der Waals surface area contributed by atoms with Crippen molar-refractivity contribution in [1.82, 2.24) is 10.2 Å². The number of nitrogens with one attached hydrogen (secondary N) is 1. The molecule has 0 aliphatic carbocycles. The van der Waals surface area contributed by atoms with Gasteiger partial charge in [-0.05, 0) is 70.0 Å². The number of hydrogen-bond acceptors (Lipinski definition) is 4. The largest absolute Gasteiger partial charge is 0.416 e. The lowest BCUT2D eigenvalue weighted by Crippen LogP contribution is -2.55. The number of carbonyl (C=O) groups excluding carboxylic acids is 2. The number of amides is 2. The van der Waals surface area contributed by atoms with Gasteiger partial charge in [0.2, 0.25) is 11.8 Å².